The van der Waals surface area contributed by atoms with Gasteiger partial charge in [0.25, 0.3) is 0 Å². The lowest BCUT2D eigenvalue weighted by atomic mass is 9.97. The molecule has 0 fully saturated rings. The van der Waals surface area contributed by atoms with Crippen molar-refractivity contribution in [2.45, 2.75) is 33.2 Å². The highest BCUT2D eigenvalue weighted by Crippen LogP contribution is 2.21. The van der Waals surface area contributed by atoms with Crippen LogP contribution in [0.2, 0.25) is 0 Å². The third kappa shape index (κ3) is 3.03. The molecule has 1 atom stereocenters. The Morgan fingerprint density at radius 3 is 2.32 bits per heavy atom. The average molecular weight is 258 g/mol. The Hall–Kier alpha value is -1.65. The molecule has 0 bridgehead atoms. The van der Waals surface area contributed by atoms with Gasteiger partial charge in [0.2, 0.25) is 0 Å². The van der Waals surface area contributed by atoms with E-state index in [-0.39, 0.29) is 6.04 Å². The van der Waals surface area contributed by atoms with Gasteiger partial charge in [-0.15, -0.1) is 0 Å². The van der Waals surface area contributed by atoms with Crippen LogP contribution in [0.15, 0.2) is 24.4 Å². The van der Waals surface area contributed by atoms with Crippen molar-refractivity contribution in [3.8, 4) is 0 Å². The third-order valence-electron chi connectivity index (χ3n) is 3.57. The van der Waals surface area contributed by atoms with Crippen molar-refractivity contribution in [1.29, 1.82) is 0 Å². The molecular formula is C15H22N4. The Bertz CT molecular complexity index is 551. The van der Waals surface area contributed by atoms with E-state index in [1.54, 1.807) is 0 Å². The normalized spacial score (nSPS) is 12.7. The Morgan fingerprint density at radius 2 is 1.84 bits per heavy atom. The summed E-state index contributed by atoms with van der Waals surface area (Å²) in [6, 6.07) is 6.70. The molecule has 2 rings (SSSR count). The molecule has 1 aromatic heterocycles. The molecule has 4 heteroatoms. The van der Waals surface area contributed by atoms with E-state index in [1.165, 1.54) is 16.7 Å². The standard InChI is InChI=1S/C15H22N4/c1-10-5-11(2)7-13(6-10)8-15(18-16)14-9-17-19(4)12(14)3/h5-7,9,15,18H,8,16H2,1-4H3. The van der Waals surface area contributed by atoms with Crippen molar-refractivity contribution in [3.63, 3.8) is 0 Å². The topological polar surface area (TPSA) is 55.9 Å². The van der Waals surface area contributed by atoms with Gasteiger partial charge in [0.15, 0.2) is 0 Å². The summed E-state index contributed by atoms with van der Waals surface area (Å²) < 4.78 is 1.88. The fourth-order valence-corrected chi connectivity index (χ4v) is 2.54. The number of nitrogens with two attached hydrogens (primary N) is 1. The van der Waals surface area contributed by atoms with Crippen LogP contribution in [0.25, 0.3) is 0 Å². The predicted molar refractivity (Wildman–Crippen MR) is 77.6 cm³/mol. The molecule has 19 heavy (non-hydrogen) atoms. The summed E-state index contributed by atoms with van der Waals surface area (Å²) >= 11 is 0. The lowest BCUT2D eigenvalue weighted by Gasteiger charge is -2.16. The van der Waals surface area contributed by atoms with Crippen LogP contribution in [0.4, 0.5) is 0 Å². The highest BCUT2D eigenvalue weighted by molar-refractivity contribution is 5.31. The highest BCUT2D eigenvalue weighted by atomic mass is 15.3. The van der Waals surface area contributed by atoms with Gasteiger partial charge in [0.05, 0.1) is 12.2 Å². The smallest absolute Gasteiger partial charge is 0.0540 e. The van der Waals surface area contributed by atoms with Crippen LogP contribution in [0.1, 0.15) is 34.0 Å². The van der Waals surface area contributed by atoms with Crippen LogP contribution in [-0.4, -0.2) is 9.78 Å². The number of aromatic nitrogens is 2. The number of nitrogens with zero attached hydrogens (tertiary/aromatic N) is 2. The second-order valence-electron chi connectivity index (χ2n) is 5.23. The molecule has 1 heterocycles. The van der Waals surface area contributed by atoms with E-state index in [4.69, 9.17) is 5.84 Å². The van der Waals surface area contributed by atoms with Gasteiger partial charge in [-0.1, -0.05) is 29.3 Å². The van der Waals surface area contributed by atoms with Gasteiger partial charge in [-0.05, 0) is 32.8 Å². The number of hydrazine groups is 1. The molecular weight excluding hydrogens is 236 g/mol. The lowest BCUT2D eigenvalue weighted by Crippen LogP contribution is -2.30. The van der Waals surface area contributed by atoms with Gasteiger partial charge in [0, 0.05) is 18.3 Å². The van der Waals surface area contributed by atoms with Crippen molar-refractivity contribution >= 4 is 0 Å². The predicted octanol–water partition coefficient (Wildman–Crippen LogP) is 2.09. The minimum absolute atomic E-state index is 0.0925. The molecule has 0 saturated heterocycles. The molecule has 0 radical (unpaired) electrons. The Morgan fingerprint density at radius 1 is 1.21 bits per heavy atom. The summed E-state index contributed by atoms with van der Waals surface area (Å²) in [5.41, 5.74) is 9.08. The molecule has 4 nitrogen and oxygen atoms in total. The SMILES string of the molecule is Cc1cc(C)cc(CC(NN)c2cnn(C)c2C)c1. The molecule has 0 amide bonds. The van der Waals surface area contributed by atoms with Crippen molar-refractivity contribution in [2.24, 2.45) is 12.9 Å². The lowest BCUT2D eigenvalue weighted by molar-refractivity contribution is 0.547. The quantitative estimate of drug-likeness (QED) is 0.652. The maximum Gasteiger partial charge on any atom is 0.0540 e. The maximum atomic E-state index is 5.72. The summed E-state index contributed by atoms with van der Waals surface area (Å²) in [5.74, 6) is 5.72. The van der Waals surface area contributed by atoms with Crippen LogP contribution in [-0.2, 0) is 13.5 Å². The number of rotatable bonds is 4. The van der Waals surface area contributed by atoms with Crippen LogP contribution in [0.3, 0.4) is 0 Å². The van der Waals surface area contributed by atoms with Crippen LogP contribution < -0.4 is 11.3 Å². The largest absolute Gasteiger partial charge is 0.273 e. The summed E-state index contributed by atoms with van der Waals surface area (Å²) in [5, 5.41) is 4.28. The van der Waals surface area contributed by atoms with E-state index in [1.807, 2.05) is 17.9 Å². The first kappa shape index (κ1) is 13.8. The summed E-state index contributed by atoms with van der Waals surface area (Å²) in [4.78, 5) is 0. The number of hydrogen-bond donors (Lipinski definition) is 2. The van der Waals surface area contributed by atoms with Crippen molar-refractivity contribution in [1.82, 2.24) is 15.2 Å². The van der Waals surface area contributed by atoms with E-state index >= 15 is 0 Å². The Labute approximate surface area is 114 Å². The van der Waals surface area contributed by atoms with Gasteiger partial charge in [-0.25, -0.2) is 0 Å². The molecule has 0 aliphatic carbocycles. The molecule has 2 aromatic rings. The first-order chi connectivity index (χ1) is 9.01. The number of benzene rings is 1. The van der Waals surface area contributed by atoms with E-state index in [2.05, 4.69) is 49.5 Å². The molecule has 102 valence electrons. The van der Waals surface area contributed by atoms with Crippen molar-refractivity contribution < 1.29 is 0 Å². The van der Waals surface area contributed by atoms with Crippen molar-refractivity contribution in [2.75, 3.05) is 0 Å². The first-order valence-corrected chi connectivity index (χ1v) is 6.53. The van der Waals surface area contributed by atoms with Crippen LogP contribution >= 0.6 is 0 Å². The zero-order valence-electron chi connectivity index (χ0n) is 12.1. The molecule has 0 spiro atoms. The molecule has 1 aromatic carbocycles. The fraction of sp³-hybridized carbons (Fsp3) is 0.400. The number of aryl methyl sites for hydroxylation is 3. The van der Waals surface area contributed by atoms with Gasteiger partial charge in [-0.3, -0.25) is 16.0 Å². The maximum absolute atomic E-state index is 5.72. The second kappa shape index (κ2) is 5.55. The highest BCUT2D eigenvalue weighted by Gasteiger charge is 2.16. The zero-order chi connectivity index (χ0) is 14.0. The minimum atomic E-state index is 0.0925. The fourth-order valence-electron chi connectivity index (χ4n) is 2.54. The number of nitrogens with one attached hydrogen (secondary N) is 1. The molecule has 3 N–H and O–H groups in total. The molecule has 0 aliphatic rings. The molecule has 0 saturated carbocycles. The summed E-state index contributed by atoms with van der Waals surface area (Å²) in [7, 11) is 1.95. The van der Waals surface area contributed by atoms with Crippen LogP contribution in [0.5, 0.6) is 0 Å². The number of hydrogen-bond acceptors (Lipinski definition) is 3. The second-order valence-corrected chi connectivity index (χ2v) is 5.23. The zero-order valence-corrected chi connectivity index (χ0v) is 12.1. The third-order valence-corrected chi connectivity index (χ3v) is 3.57. The van der Waals surface area contributed by atoms with E-state index in [0.29, 0.717) is 0 Å². The van der Waals surface area contributed by atoms with Gasteiger partial charge in [0.1, 0.15) is 0 Å². The molecule has 1 unspecified atom stereocenters. The first-order valence-electron chi connectivity index (χ1n) is 6.53. The van der Waals surface area contributed by atoms with E-state index in [9.17, 15) is 0 Å². The van der Waals surface area contributed by atoms with E-state index < -0.39 is 0 Å². The van der Waals surface area contributed by atoms with Gasteiger partial charge < -0.3 is 0 Å². The van der Waals surface area contributed by atoms with Gasteiger partial charge in [-0.2, -0.15) is 5.10 Å². The monoisotopic (exact) mass is 258 g/mol. The van der Waals surface area contributed by atoms with Crippen molar-refractivity contribution in [3.05, 3.63) is 52.3 Å². The average Bonchev–Trinajstić information content (AvgIpc) is 2.66. The Balaban J connectivity index is 2.26. The van der Waals surface area contributed by atoms with E-state index in [0.717, 1.165) is 17.7 Å². The van der Waals surface area contributed by atoms with Crippen LogP contribution in [0, 0.1) is 20.8 Å². The molecule has 0 aliphatic heterocycles. The summed E-state index contributed by atoms with van der Waals surface area (Å²) in [6.07, 6.45) is 2.76. The summed E-state index contributed by atoms with van der Waals surface area (Å²) in [6.45, 7) is 6.31. The Kier molecular flexibility index (Phi) is 4.02. The minimum Gasteiger partial charge on any atom is -0.273 e. The van der Waals surface area contributed by atoms with Gasteiger partial charge >= 0.3 is 0 Å².